The van der Waals surface area contributed by atoms with Crippen molar-refractivity contribution in [1.29, 1.82) is 0 Å². The molecular formula is C28H34ClN2O4PS. The lowest BCUT2D eigenvalue weighted by Crippen LogP contribution is -2.15. The predicted molar refractivity (Wildman–Crippen MR) is 154 cm³/mol. The quantitative estimate of drug-likeness (QED) is 0.0682. The van der Waals surface area contributed by atoms with Crippen molar-refractivity contribution >= 4 is 36.7 Å². The van der Waals surface area contributed by atoms with Crippen LogP contribution in [0.25, 0.3) is 0 Å². The van der Waals surface area contributed by atoms with Crippen molar-refractivity contribution in [3.05, 3.63) is 99.6 Å². The Morgan fingerprint density at radius 3 is 2.46 bits per heavy atom. The second-order valence-electron chi connectivity index (χ2n) is 9.04. The molecule has 3 N–H and O–H groups in total. The van der Waals surface area contributed by atoms with Gasteiger partial charge in [0.05, 0.1) is 17.1 Å². The van der Waals surface area contributed by atoms with Crippen LogP contribution < -0.4 is 5.32 Å². The maximum absolute atomic E-state index is 10.9. The molecule has 0 bridgehead atoms. The van der Waals surface area contributed by atoms with Gasteiger partial charge in [0.15, 0.2) is 0 Å². The van der Waals surface area contributed by atoms with Gasteiger partial charge in [-0.1, -0.05) is 59.2 Å². The largest absolute Gasteiger partial charge is 0.391 e. The van der Waals surface area contributed by atoms with Crippen LogP contribution in [0.15, 0.2) is 76.8 Å². The zero-order valence-corrected chi connectivity index (χ0v) is 23.8. The van der Waals surface area contributed by atoms with Gasteiger partial charge < -0.3 is 19.9 Å². The summed E-state index contributed by atoms with van der Waals surface area (Å²) in [5, 5.41) is 8.30. The minimum atomic E-state index is -3.92. The molecular weight excluding hydrogens is 527 g/mol. The molecule has 0 aromatic heterocycles. The molecule has 3 aromatic rings. The summed E-state index contributed by atoms with van der Waals surface area (Å²) in [6, 6.07) is 22.3. The molecule has 0 heterocycles. The monoisotopic (exact) mass is 560 g/mol. The standard InChI is InChI=1S/C28H34ClN2O4PS/c1-20-8-13-27(16-21(20)2)37-28(25-6-4-7-26(29)17-25)22(3)31-35-19-24-11-9-23(10-12-24)18-30-14-5-15-36(32,33)34/h4,6-13,16-17,28,30H,5,14-15,18-19H2,1-3H3,(H2,32,33,34)/b31-22+. The molecule has 0 aliphatic rings. The summed E-state index contributed by atoms with van der Waals surface area (Å²) in [5.41, 5.74) is 6.52. The first-order valence-electron chi connectivity index (χ1n) is 12.1. The lowest BCUT2D eigenvalue weighted by atomic mass is 10.1. The Morgan fingerprint density at radius 1 is 1.05 bits per heavy atom. The van der Waals surface area contributed by atoms with Gasteiger partial charge in [-0.25, -0.2) is 0 Å². The summed E-state index contributed by atoms with van der Waals surface area (Å²) >= 11 is 8.01. The van der Waals surface area contributed by atoms with Crippen molar-refractivity contribution in [2.75, 3.05) is 12.7 Å². The van der Waals surface area contributed by atoms with Gasteiger partial charge >= 0.3 is 7.60 Å². The van der Waals surface area contributed by atoms with Crippen molar-refractivity contribution in [1.82, 2.24) is 5.32 Å². The number of oxime groups is 1. The van der Waals surface area contributed by atoms with Crippen LogP contribution in [-0.4, -0.2) is 28.2 Å². The highest BCUT2D eigenvalue weighted by Gasteiger charge is 2.18. The average Bonchev–Trinajstić information content (AvgIpc) is 2.84. The summed E-state index contributed by atoms with van der Waals surface area (Å²) in [4.78, 5) is 24.7. The van der Waals surface area contributed by atoms with Crippen LogP contribution in [0, 0.1) is 13.8 Å². The molecule has 0 aliphatic carbocycles. The van der Waals surface area contributed by atoms with E-state index in [1.54, 1.807) is 11.8 Å². The highest BCUT2D eigenvalue weighted by atomic mass is 35.5. The lowest BCUT2D eigenvalue weighted by molar-refractivity contribution is 0.130. The van der Waals surface area contributed by atoms with Gasteiger partial charge in [0.1, 0.15) is 6.61 Å². The molecule has 9 heteroatoms. The van der Waals surface area contributed by atoms with Gasteiger partial charge in [-0.3, -0.25) is 4.57 Å². The Balaban J connectivity index is 1.59. The zero-order valence-electron chi connectivity index (χ0n) is 21.4. The normalized spacial score (nSPS) is 13.0. The van der Waals surface area contributed by atoms with Crippen LogP contribution >= 0.6 is 31.0 Å². The maximum Gasteiger partial charge on any atom is 0.325 e. The maximum atomic E-state index is 10.9. The number of benzene rings is 3. The Bertz CT molecular complexity index is 1250. The molecule has 0 amide bonds. The van der Waals surface area contributed by atoms with Crippen molar-refractivity contribution in [2.24, 2.45) is 5.16 Å². The molecule has 0 saturated heterocycles. The highest BCUT2D eigenvalue weighted by Crippen LogP contribution is 2.38. The Labute approximate surface area is 228 Å². The van der Waals surface area contributed by atoms with Gasteiger partial charge in [0, 0.05) is 16.5 Å². The zero-order chi connectivity index (χ0) is 26.8. The van der Waals surface area contributed by atoms with E-state index in [9.17, 15) is 4.57 Å². The molecule has 0 saturated carbocycles. The first-order chi connectivity index (χ1) is 17.6. The van der Waals surface area contributed by atoms with Crippen molar-refractivity contribution < 1.29 is 19.2 Å². The van der Waals surface area contributed by atoms with Gasteiger partial charge in [0.2, 0.25) is 0 Å². The third-order valence-corrected chi connectivity index (χ3v) is 8.37. The van der Waals surface area contributed by atoms with E-state index >= 15 is 0 Å². The number of rotatable bonds is 13. The van der Waals surface area contributed by atoms with E-state index in [1.165, 1.54) is 11.1 Å². The fourth-order valence-electron chi connectivity index (χ4n) is 3.64. The molecule has 0 radical (unpaired) electrons. The summed E-state index contributed by atoms with van der Waals surface area (Å²) in [7, 11) is -3.92. The summed E-state index contributed by atoms with van der Waals surface area (Å²) < 4.78 is 10.9. The lowest BCUT2D eigenvalue weighted by Gasteiger charge is -2.18. The van der Waals surface area contributed by atoms with Gasteiger partial charge in [-0.05, 0) is 85.8 Å². The number of halogens is 1. The minimum absolute atomic E-state index is 0.0418. The van der Waals surface area contributed by atoms with E-state index < -0.39 is 7.60 Å². The second-order valence-corrected chi connectivity index (χ2v) is 12.4. The van der Waals surface area contributed by atoms with E-state index in [1.807, 2.05) is 49.4 Å². The number of hydrogen-bond donors (Lipinski definition) is 3. The molecule has 198 valence electrons. The van der Waals surface area contributed by atoms with E-state index in [-0.39, 0.29) is 11.4 Å². The Kier molecular flexibility index (Phi) is 11.3. The fourth-order valence-corrected chi connectivity index (χ4v) is 5.57. The van der Waals surface area contributed by atoms with Crippen LogP contribution in [0.5, 0.6) is 0 Å². The van der Waals surface area contributed by atoms with Crippen LogP contribution in [0.3, 0.4) is 0 Å². The molecule has 1 unspecified atom stereocenters. The number of nitrogens with one attached hydrogen (secondary N) is 1. The average molecular weight is 561 g/mol. The van der Waals surface area contributed by atoms with E-state index in [2.05, 4.69) is 48.6 Å². The van der Waals surface area contributed by atoms with Crippen molar-refractivity contribution in [3.8, 4) is 0 Å². The number of hydrogen-bond acceptors (Lipinski definition) is 5. The molecule has 6 nitrogen and oxygen atoms in total. The topological polar surface area (TPSA) is 91.2 Å². The molecule has 3 aromatic carbocycles. The third kappa shape index (κ3) is 10.3. The summed E-state index contributed by atoms with van der Waals surface area (Å²) in [6.45, 7) is 7.74. The van der Waals surface area contributed by atoms with Gasteiger partial charge in [0.25, 0.3) is 0 Å². The first-order valence-corrected chi connectivity index (χ1v) is 15.2. The van der Waals surface area contributed by atoms with Crippen LogP contribution in [0.2, 0.25) is 5.02 Å². The van der Waals surface area contributed by atoms with Gasteiger partial charge in [-0.2, -0.15) is 0 Å². The van der Waals surface area contributed by atoms with Crippen LogP contribution in [-0.2, 0) is 22.6 Å². The molecule has 3 rings (SSSR count). The molecule has 0 fully saturated rings. The van der Waals surface area contributed by atoms with E-state index in [4.69, 9.17) is 26.2 Å². The molecule has 1 atom stereocenters. The van der Waals surface area contributed by atoms with Crippen LogP contribution in [0.4, 0.5) is 0 Å². The summed E-state index contributed by atoms with van der Waals surface area (Å²) in [5.74, 6) is 0. The number of thioether (sulfide) groups is 1. The minimum Gasteiger partial charge on any atom is -0.391 e. The first kappa shape index (κ1) is 29.4. The SMILES string of the molecule is C/C(=N\OCc1ccc(CNCCCP(=O)(O)O)cc1)C(Sc1ccc(C)c(C)c1)c1cccc(Cl)c1. The number of nitrogens with zero attached hydrogens (tertiary/aromatic N) is 1. The molecule has 0 spiro atoms. The smallest absolute Gasteiger partial charge is 0.325 e. The molecule has 0 aliphatic heterocycles. The van der Waals surface area contributed by atoms with Crippen molar-refractivity contribution in [3.63, 3.8) is 0 Å². The fraction of sp³-hybridized carbons (Fsp3) is 0.321. The Hall–Kier alpha value is -2.12. The summed E-state index contributed by atoms with van der Waals surface area (Å²) in [6.07, 6.45) is 0.336. The Morgan fingerprint density at radius 2 is 1.78 bits per heavy atom. The van der Waals surface area contributed by atoms with E-state index in [0.717, 1.165) is 27.3 Å². The predicted octanol–water partition coefficient (Wildman–Crippen LogP) is 7.04. The van der Waals surface area contributed by atoms with Crippen molar-refractivity contribution in [2.45, 2.75) is 50.5 Å². The van der Waals surface area contributed by atoms with E-state index in [0.29, 0.717) is 31.1 Å². The highest BCUT2D eigenvalue weighted by molar-refractivity contribution is 8.00. The van der Waals surface area contributed by atoms with Gasteiger partial charge in [-0.15, -0.1) is 11.8 Å². The third-order valence-electron chi connectivity index (χ3n) is 5.86. The second kappa shape index (κ2) is 14.1. The number of aryl methyl sites for hydroxylation is 2. The molecule has 37 heavy (non-hydrogen) atoms. The van der Waals surface area contributed by atoms with Crippen LogP contribution in [0.1, 0.15) is 46.4 Å².